The molecule has 2 aromatic rings. The van der Waals surface area contributed by atoms with Gasteiger partial charge in [-0.15, -0.1) is 0 Å². The van der Waals surface area contributed by atoms with Crippen LogP contribution >= 0.6 is 0 Å². The number of methoxy groups -OCH3 is 1. The largest absolute Gasteiger partial charge is 0.389 e. The van der Waals surface area contributed by atoms with Gasteiger partial charge in [0.2, 0.25) is 0 Å². The third kappa shape index (κ3) is 8.09. The molecule has 2 aliphatic rings. The second-order valence-electron chi connectivity index (χ2n) is 11.1. The van der Waals surface area contributed by atoms with E-state index in [1.807, 2.05) is 13.8 Å². The number of carbonyl (C=O) groups is 2. The number of ether oxygens (including phenoxy) is 2. The number of likely N-dealkylation sites (tertiary alicyclic amines) is 1. The number of amides is 2. The van der Waals surface area contributed by atoms with E-state index in [0.717, 1.165) is 30.9 Å². The Morgan fingerprint density at radius 3 is 2.56 bits per heavy atom. The zero-order valence-electron chi connectivity index (χ0n) is 24.0. The number of aryl methyl sites for hydroxylation is 1. The van der Waals surface area contributed by atoms with Crippen molar-refractivity contribution in [2.24, 2.45) is 0 Å². The summed E-state index contributed by atoms with van der Waals surface area (Å²) in [4.78, 5) is 28.8. The van der Waals surface area contributed by atoms with Crippen LogP contribution in [0.2, 0.25) is 0 Å². The molecule has 0 aliphatic carbocycles. The van der Waals surface area contributed by atoms with Gasteiger partial charge in [-0.1, -0.05) is 0 Å². The summed E-state index contributed by atoms with van der Waals surface area (Å²) in [6.45, 7) is 5.98. The van der Waals surface area contributed by atoms with Crippen LogP contribution in [0, 0.1) is 18.6 Å². The molecule has 0 spiro atoms. The normalized spacial score (nSPS) is 22.4. The van der Waals surface area contributed by atoms with Crippen LogP contribution in [-0.4, -0.2) is 85.6 Å². The zero-order valence-corrected chi connectivity index (χ0v) is 24.0. The number of carbonyl (C=O) groups excluding carboxylic acids is 2. The number of rotatable bonds is 11. The lowest BCUT2D eigenvalue weighted by molar-refractivity contribution is -0.00286. The van der Waals surface area contributed by atoms with Crippen molar-refractivity contribution in [3.8, 4) is 0 Å². The third-order valence-corrected chi connectivity index (χ3v) is 7.89. The Kier molecular flexibility index (Phi) is 10.8. The minimum absolute atomic E-state index is 0.00312. The molecule has 0 radical (unpaired) electrons. The fourth-order valence-corrected chi connectivity index (χ4v) is 6.01. The molecule has 0 unspecified atom stereocenters. The molecule has 10 heteroatoms. The number of benzene rings is 2. The van der Waals surface area contributed by atoms with E-state index in [1.54, 1.807) is 30.2 Å². The first-order valence-corrected chi connectivity index (χ1v) is 14.4. The SMILES string of the molecule is CCO[C@H]1CCN[C@@H]([C@@H](O)[C@H](Cc2cc(F)cc(F)c2)NC(=O)c2cc(C)cc(C(=O)N3CCC[C@@H]3COC)c2)C1. The maximum absolute atomic E-state index is 14.0. The van der Waals surface area contributed by atoms with Crippen LogP contribution in [0.4, 0.5) is 8.78 Å². The second kappa shape index (κ2) is 14.3. The highest BCUT2D eigenvalue weighted by Gasteiger charge is 2.34. The average Bonchev–Trinajstić information content (AvgIpc) is 3.39. The molecular weight excluding hydrogens is 532 g/mol. The Morgan fingerprint density at radius 1 is 1.12 bits per heavy atom. The lowest BCUT2D eigenvalue weighted by atomic mass is 9.90. The topological polar surface area (TPSA) is 100 Å². The molecule has 224 valence electrons. The lowest BCUT2D eigenvalue weighted by Gasteiger charge is -2.36. The number of halogens is 2. The number of hydrogen-bond acceptors (Lipinski definition) is 6. The van der Waals surface area contributed by atoms with E-state index < -0.39 is 35.7 Å². The maximum atomic E-state index is 14.0. The van der Waals surface area contributed by atoms with Crippen molar-refractivity contribution in [3.63, 3.8) is 0 Å². The number of aliphatic hydroxyl groups is 1. The van der Waals surface area contributed by atoms with Crippen molar-refractivity contribution in [1.82, 2.24) is 15.5 Å². The molecule has 4 rings (SSSR count). The molecule has 41 heavy (non-hydrogen) atoms. The van der Waals surface area contributed by atoms with Crippen LogP contribution in [0.3, 0.4) is 0 Å². The molecule has 0 saturated carbocycles. The van der Waals surface area contributed by atoms with Crippen molar-refractivity contribution in [1.29, 1.82) is 0 Å². The molecule has 2 heterocycles. The van der Waals surface area contributed by atoms with Gasteiger partial charge in [0.15, 0.2) is 0 Å². The highest BCUT2D eigenvalue weighted by atomic mass is 19.1. The van der Waals surface area contributed by atoms with E-state index in [2.05, 4.69) is 10.6 Å². The van der Waals surface area contributed by atoms with Gasteiger partial charge in [-0.2, -0.15) is 0 Å². The number of hydrogen-bond donors (Lipinski definition) is 3. The van der Waals surface area contributed by atoms with E-state index in [0.29, 0.717) is 43.9 Å². The molecule has 2 saturated heterocycles. The highest BCUT2D eigenvalue weighted by Crippen LogP contribution is 2.23. The lowest BCUT2D eigenvalue weighted by Crippen LogP contribution is -2.57. The van der Waals surface area contributed by atoms with Crippen LogP contribution in [0.5, 0.6) is 0 Å². The molecule has 8 nitrogen and oxygen atoms in total. The van der Waals surface area contributed by atoms with Gasteiger partial charge in [-0.05, 0) is 94.0 Å². The van der Waals surface area contributed by atoms with Gasteiger partial charge in [0.1, 0.15) is 11.6 Å². The Bertz CT molecular complexity index is 1190. The zero-order chi connectivity index (χ0) is 29.5. The van der Waals surface area contributed by atoms with Crippen LogP contribution in [-0.2, 0) is 15.9 Å². The molecule has 3 N–H and O–H groups in total. The van der Waals surface area contributed by atoms with Gasteiger partial charge in [0.25, 0.3) is 11.8 Å². The summed E-state index contributed by atoms with van der Waals surface area (Å²) in [6.07, 6.45) is 1.96. The molecule has 0 bridgehead atoms. The molecule has 2 aliphatic heterocycles. The Morgan fingerprint density at radius 2 is 1.85 bits per heavy atom. The number of piperidine rings is 1. The predicted octanol–water partition coefficient (Wildman–Crippen LogP) is 3.38. The van der Waals surface area contributed by atoms with Gasteiger partial charge in [-0.25, -0.2) is 8.78 Å². The van der Waals surface area contributed by atoms with Crippen molar-refractivity contribution in [3.05, 3.63) is 70.3 Å². The summed E-state index contributed by atoms with van der Waals surface area (Å²) in [6, 6.07) is 6.89. The van der Waals surface area contributed by atoms with Gasteiger partial charge >= 0.3 is 0 Å². The molecule has 5 atom stereocenters. The molecule has 2 aromatic carbocycles. The fraction of sp³-hybridized carbons (Fsp3) is 0.548. The van der Waals surface area contributed by atoms with Gasteiger partial charge in [-0.3, -0.25) is 9.59 Å². The van der Waals surface area contributed by atoms with Gasteiger partial charge in [0, 0.05) is 43.5 Å². The van der Waals surface area contributed by atoms with Crippen molar-refractivity contribution in [2.75, 3.05) is 33.4 Å². The summed E-state index contributed by atoms with van der Waals surface area (Å²) in [5.74, 6) is -2.12. The van der Waals surface area contributed by atoms with E-state index in [4.69, 9.17) is 9.47 Å². The number of aliphatic hydroxyl groups excluding tert-OH is 1. The minimum Gasteiger partial charge on any atom is -0.389 e. The summed E-state index contributed by atoms with van der Waals surface area (Å²) in [5.41, 5.74) is 1.71. The second-order valence-corrected chi connectivity index (χ2v) is 11.1. The summed E-state index contributed by atoms with van der Waals surface area (Å²) in [5, 5.41) is 17.6. The Hall–Kier alpha value is -2.92. The fourth-order valence-electron chi connectivity index (χ4n) is 6.01. The first kappa shape index (κ1) is 31.0. The molecular formula is C31H41F2N3O5. The Balaban J connectivity index is 1.57. The predicted molar refractivity (Wildman–Crippen MR) is 151 cm³/mol. The Labute approximate surface area is 240 Å². The molecule has 0 aromatic heterocycles. The van der Waals surface area contributed by atoms with Crippen molar-refractivity contribution >= 4 is 11.8 Å². The summed E-state index contributed by atoms with van der Waals surface area (Å²) < 4.78 is 39.1. The van der Waals surface area contributed by atoms with Crippen LogP contribution < -0.4 is 10.6 Å². The first-order chi connectivity index (χ1) is 19.7. The third-order valence-electron chi connectivity index (χ3n) is 7.89. The van der Waals surface area contributed by atoms with Gasteiger partial charge in [0.05, 0.1) is 30.9 Å². The van der Waals surface area contributed by atoms with E-state index in [-0.39, 0.29) is 30.0 Å². The van der Waals surface area contributed by atoms with Crippen LogP contribution in [0.25, 0.3) is 0 Å². The van der Waals surface area contributed by atoms with E-state index in [1.165, 1.54) is 12.1 Å². The van der Waals surface area contributed by atoms with E-state index in [9.17, 15) is 23.5 Å². The molecule has 2 fully saturated rings. The standard InChI is InChI=1S/C31H41F2N3O5/c1-4-41-26-7-8-34-27(17-26)29(37)28(14-20-12-23(32)16-24(33)13-20)35-30(38)21-10-19(2)11-22(15-21)31(39)36-9-5-6-25(36)18-40-3/h10-13,15-16,25-29,34,37H,4-9,14,17-18H2,1-3H3,(H,35,38)/t25-,26+,27-,28+,29-/m1/s1. The minimum atomic E-state index is -1.07. The van der Waals surface area contributed by atoms with Crippen molar-refractivity contribution < 1.29 is 33.0 Å². The first-order valence-electron chi connectivity index (χ1n) is 14.4. The number of nitrogens with zero attached hydrogens (tertiary/aromatic N) is 1. The summed E-state index contributed by atoms with van der Waals surface area (Å²) >= 11 is 0. The maximum Gasteiger partial charge on any atom is 0.254 e. The highest BCUT2D eigenvalue weighted by molar-refractivity contribution is 6.00. The smallest absolute Gasteiger partial charge is 0.254 e. The molecule has 2 amide bonds. The summed E-state index contributed by atoms with van der Waals surface area (Å²) in [7, 11) is 1.61. The van der Waals surface area contributed by atoms with Crippen LogP contribution in [0.1, 0.15) is 64.4 Å². The number of nitrogens with one attached hydrogen (secondary N) is 2. The monoisotopic (exact) mass is 573 g/mol. The van der Waals surface area contributed by atoms with Crippen molar-refractivity contribution in [2.45, 2.75) is 76.3 Å². The van der Waals surface area contributed by atoms with E-state index >= 15 is 0 Å². The van der Waals surface area contributed by atoms with Gasteiger partial charge < -0.3 is 30.1 Å². The quantitative estimate of drug-likeness (QED) is 0.381. The van der Waals surface area contributed by atoms with Crippen LogP contribution in [0.15, 0.2) is 36.4 Å². The average molecular weight is 574 g/mol.